The Kier molecular flexibility index (Phi) is 18.0. The van der Waals surface area contributed by atoms with Gasteiger partial charge in [0.15, 0.2) is 34.0 Å². The SMILES string of the molecule is CCC(=O)N[C@H]1C[C@@H](n2cnc3c(NCC(c4ccccc4)c4ccccc4)nc(N4CC[C@@H](N)C4)nc32)[C@H](O)[C@@H]1O.CCC(=O)N[C@H]1C[C@@H](n2cnc3c(NCC(c4ccccc4)c4ccccc4)nc(N[C@@H]4CCNC4)nc32)[C@H](O)[C@@H]1O. The van der Waals surface area contributed by atoms with Crippen LogP contribution in [0.1, 0.15) is 98.5 Å². The predicted octanol–water partition coefficient (Wildman–Crippen LogP) is 4.57. The number of hydrogen-bond acceptors (Lipinski definition) is 18. The highest BCUT2D eigenvalue weighted by Gasteiger charge is 2.45. The van der Waals surface area contributed by atoms with Crippen LogP contribution in [0.25, 0.3) is 22.3 Å². The van der Waals surface area contributed by atoms with Crippen LogP contribution in [0.2, 0.25) is 0 Å². The Morgan fingerprint density at radius 2 is 1.06 bits per heavy atom. The van der Waals surface area contributed by atoms with E-state index in [1.165, 1.54) is 22.3 Å². The maximum absolute atomic E-state index is 12.1. The van der Waals surface area contributed by atoms with Crippen LogP contribution in [0.15, 0.2) is 134 Å². The van der Waals surface area contributed by atoms with Crippen molar-refractivity contribution in [3.63, 3.8) is 0 Å². The molecule has 2 aliphatic carbocycles. The largest absolute Gasteiger partial charge is 0.388 e. The molecule has 22 nitrogen and oxygen atoms in total. The number of carbonyl (C=O) groups is 2. The molecule has 22 heteroatoms. The quantitative estimate of drug-likeness (QED) is 0.0528. The van der Waals surface area contributed by atoms with E-state index in [-0.39, 0.29) is 35.7 Å². The van der Waals surface area contributed by atoms with Gasteiger partial charge in [-0.05, 0) is 54.5 Å². The molecule has 84 heavy (non-hydrogen) atoms. The van der Waals surface area contributed by atoms with Crippen LogP contribution in [0.3, 0.4) is 0 Å². The summed E-state index contributed by atoms with van der Waals surface area (Å²) in [6, 6.07) is 39.5. The van der Waals surface area contributed by atoms with Crippen LogP contribution in [0, 0.1) is 0 Å². The zero-order valence-corrected chi connectivity index (χ0v) is 47.3. The third-order valence-corrected chi connectivity index (χ3v) is 16.8. The minimum absolute atomic E-state index is 0.0425. The number of rotatable bonds is 19. The first-order valence-corrected chi connectivity index (χ1v) is 29.4. The fourth-order valence-corrected chi connectivity index (χ4v) is 12.2. The summed E-state index contributed by atoms with van der Waals surface area (Å²) in [5, 5.41) is 63.2. The predicted molar refractivity (Wildman–Crippen MR) is 323 cm³/mol. The van der Waals surface area contributed by atoms with Gasteiger partial charge >= 0.3 is 0 Å². The molecule has 10 atom stereocenters. The lowest BCUT2D eigenvalue weighted by molar-refractivity contribution is -0.123. The standard InChI is InChI=1S/2C31H38N8O3/c1-2-25(40)35-23-15-24(28(42)27(23)41)39-18-34-26-29(36-31(37-30(26)39)38-14-13-21(32)17-38)33-16-22(19-9-5-3-6-10-19)20-11-7-4-8-12-20;1-2-25(40)36-23-15-24(28(42)27(23)41)39-18-34-26-29(37-31(38-30(26)39)35-21-13-14-32-16-21)33-17-22(19-9-5-3-6-10-19)20-11-7-4-8-12-20/h3-12,18,21-24,27-28,41-42H,2,13-17,32H2,1H3,(H,35,40)(H,33,36,37);3-12,18,21-24,27-28,32,41-42H,2,13-17H2,1H3,(H,36,40)(H2,33,35,37,38)/t2*21-,23+,24-,27-,28+/m11/s1. The van der Waals surface area contributed by atoms with Crippen molar-refractivity contribution in [2.45, 2.75) is 125 Å². The first-order chi connectivity index (χ1) is 40.9. The van der Waals surface area contributed by atoms with E-state index in [0.717, 1.165) is 32.5 Å². The third-order valence-electron chi connectivity index (χ3n) is 16.8. The molecule has 6 heterocycles. The topological polar surface area (TPSA) is 304 Å². The van der Waals surface area contributed by atoms with Gasteiger partial charge in [0, 0.05) is 69.5 Å². The van der Waals surface area contributed by atoms with E-state index in [2.05, 4.69) is 95.3 Å². The molecule has 4 aromatic heterocycles. The Balaban J connectivity index is 0.000000175. The van der Waals surface area contributed by atoms with Gasteiger partial charge in [-0.25, -0.2) is 9.97 Å². The number of anilines is 4. The maximum atomic E-state index is 12.1. The van der Waals surface area contributed by atoms with Gasteiger partial charge in [-0.15, -0.1) is 0 Å². The van der Waals surface area contributed by atoms with Gasteiger partial charge < -0.3 is 72.1 Å². The highest BCUT2D eigenvalue weighted by Crippen LogP contribution is 2.38. The number of benzene rings is 4. The van der Waals surface area contributed by atoms with E-state index in [1.807, 2.05) is 72.8 Å². The summed E-state index contributed by atoms with van der Waals surface area (Å²) in [6.45, 7) is 7.79. The lowest BCUT2D eigenvalue weighted by Gasteiger charge is -2.22. The molecular formula is C62H76N16O6. The fourth-order valence-electron chi connectivity index (χ4n) is 12.2. The minimum atomic E-state index is -1.10. The van der Waals surface area contributed by atoms with Gasteiger partial charge in [-0.1, -0.05) is 135 Å². The smallest absolute Gasteiger partial charge is 0.229 e. The zero-order chi connectivity index (χ0) is 58.3. The number of aliphatic hydroxyl groups excluding tert-OH is 4. The molecule has 0 radical (unpaired) electrons. The van der Waals surface area contributed by atoms with Gasteiger partial charge in [0.05, 0.1) is 36.8 Å². The molecule has 2 saturated heterocycles. The molecule has 0 bridgehead atoms. The molecule has 2 amide bonds. The van der Waals surface area contributed by atoms with Crippen LogP contribution >= 0.6 is 0 Å². The van der Waals surface area contributed by atoms with E-state index < -0.39 is 48.6 Å². The van der Waals surface area contributed by atoms with Crippen molar-refractivity contribution < 1.29 is 30.0 Å². The van der Waals surface area contributed by atoms with Crippen LogP contribution < -0.4 is 42.5 Å². The van der Waals surface area contributed by atoms with E-state index in [1.54, 1.807) is 35.6 Å². The molecule has 440 valence electrons. The molecule has 4 aliphatic rings. The number of nitrogens with zero attached hydrogens (tertiary/aromatic N) is 9. The molecule has 0 spiro atoms. The Bertz CT molecular complexity index is 3380. The van der Waals surface area contributed by atoms with E-state index >= 15 is 0 Å². The number of aliphatic hydroxyl groups is 4. The van der Waals surface area contributed by atoms with Crippen molar-refractivity contribution in [2.75, 3.05) is 60.1 Å². The number of fused-ring (bicyclic) bond motifs is 2. The van der Waals surface area contributed by atoms with Crippen molar-refractivity contribution >= 4 is 57.7 Å². The second-order valence-electron chi connectivity index (χ2n) is 22.4. The van der Waals surface area contributed by atoms with E-state index in [0.29, 0.717) is 91.2 Å². The number of carbonyl (C=O) groups excluding carboxylic acids is 2. The molecule has 4 aromatic carbocycles. The Morgan fingerprint density at radius 3 is 1.48 bits per heavy atom. The highest BCUT2D eigenvalue weighted by molar-refractivity contribution is 5.86. The number of nitrogens with two attached hydrogens (primary N) is 1. The molecule has 2 aliphatic heterocycles. The average Bonchev–Trinajstić information content (AvgIpc) is 2.43. The van der Waals surface area contributed by atoms with Crippen LogP contribution in [0.4, 0.5) is 23.5 Å². The van der Waals surface area contributed by atoms with Gasteiger partial charge in [-0.2, -0.15) is 19.9 Å². The van der Waals surface area contributed by atoms with E-state index in [9.17, 15) is 30.0 Å². The molecule has 8 aromatic rings. The van der Waals surface area contributed by atoms with Crippen LogP contribution in [-0.2, 0) is 9.59 Å². The molecule has 4 fully saturated rings. The van der Waals surface area contributed by atoms with Gasteiger partial charge in [0.1, 0.15) is 24.4 Å². The lowest BCUT2D eigenvalue weighted by atomic mass is 9.91. The molecule has 12 rings (SSSR count). The summed E-state index contributed by atoms with van der Waals surface area (Å²) < 4.78 is 3.61. The van der Waals surface area contributed by atoms with Crippen LogP contribution in [-0.4, -0.2) is 159 Å². The van der Waals surface area contributed by atoms with Crippen molar-refractivity contribution in [2.24, 2.45) is 5.73 Å². The van der Waals surface area contributed by atoms with Gasteiger partial charge in [-0.3, -0.25) is 9.59 Å². The summed E-state index contributed by atoms with van der Waals surface area (Å²) in [5.41, 5.74) is 13.2. The average molecular weight is 1140 g/mol. The first kappa shape index (κ1) is 57.7. The first-order valence-electron chi connectivity index (χ1n) is 29.4. The summed E-state index contributed by atoms with van der Waals surface area (Å²) in [5.74, 6) is 2.00. The Labute approximate surface area is 487 Å². The van der Waals surface area contributed by atoms with Gasteiger partial charge in [0.25, 0.3) is 0 Å². The molecule has 0 unspecified atom stereocenters. The summed E-state index contributed by atoms with van der Waals surface area (Å²) in [7, 11) is 0. The van der Waals surface area contributed by atoms with Crippen molar-refractivity contribution in [1.29, 1.82) is 0 Å². The number of imidazole rings is 2. The van der Waals surface area contributed by atoms with Crippen molar-refractivity contribution in [3.05, 3.63) is 156 Å². The number of aromatic nitrogens is 8. The second-order valence-corrected chi connectivity index (χ2v) is 22.4. The normalized spacial score (nSPS) is 23.9. The minimum Gasteiger partial charge on any atom is -0.388 e. The summed E-state index contributed by atoms with van der Waals surface area (Å²) >= 11 is 0. The number of nitrogens with one attached hydrogen (secondary N) is 6. The molecule has 2 saturated carbocycles. The lowest BCUT2D eigenvalue weighted by Crippen LogP contribution is -2.42. The highest BCUT2D eigenvalue weighted by atomic mass is 16.3. The maximum Gasteiger partial charge on any atom is 0.229 e. The fraction of sp³-hybridized carbons (Fsp3) is 0.419. The van der Waals surface area contributed by atoms with E-state index in [4.69, 9.17) is 25.7 Å². The summed E-state index contributed by atoms with van der Waals surface area (Å²) in [4.78, 5) is 55.0. The molecular weight excluding hydrogens is 1060 g/mol. The van der Waals surface area contributed by atoms with Crippen LogP contribution in [0.5, 0.6) is 0 Å². The second kappa shape index (κ2) is 26.2. The number of hydrogen-bond donors (Lipinski definition) is 11. The Hall–Kier alpha value is -8.12. The zero-order valence-electron chi connectivity index (χ0n) is 47.3. The monoisotopic (exact) mass is 1140 g/mol. The van der Waals surface area contributed by atoms with Crippen molar-refractivity contribution in [3.8, 4) is 0 Å². The third kappa shape index (κ3) is 12.7. The number of amides is 2. The molecule has 12 N–H and O–H groups in total. The summed E-state index contributed by atoms with van der Waals surface area (Å²) in [6.07, 6.45) is 2.01. The van der Waals surface area contributed by atoms with Crippen molar-refractivity contribution in [1.82, 2.24) is 55.0 Å². The van der Waals surface area contributed by atoms with Gasteiger partial charge in [0.2, 0.25) is 23.7 Å². The Morgan fingerprint density at radius 1 is 0.607 bits per heavy atom.